The molecule has 0 N–H and O–H groups in total. The van der Waals surface area contributed by atoms with Gasteiger partial charge in [0.25, 0.3) is 5.69 Å². The van der Waals surface area contributed by atoms with E-state index < -0.39 is 10.9 Å². The molecule has 6 nitrogen and oxygen atoms in total. The number of carbonyl (C=O) groups is 1. The van der Waals surface area contributed by atoms with Crippen LogP contribution < -0.4 is 0 Å². The lowest BCUT2D eigenvalue weighted by Crippen LogP contribution is -2.03. The lowest BCUT2D eigenvalue weighted by atomic mass is 10.2. The Kier molecular flexibility index (Phi) is 4.77. The smallest absolute Gasteiger partial charge is 0.363 e. The number of nitrogens with zero attached hydrogens (tertiary/aromatic N) is 2. The van der Waals surface area contributed by atoms with E-state index in [1.165, 1.54) is 23.5 Å². The number of fused-ring (bicyclic) bond motifs is 1. The Morgan fingerprint density at radius 3 is 2.71 bits per heavy atom. The van der Waals surface area contributed by atoms with Crippen molar-refractivity contribution in [1.29, 1.82) is 0 Å². The fourth-order valence-electron chi connectivity index (χ4n) is 2.64. The van der Waals surface area contributed by atoms with Crippen LogP contribution in [0.3, 0.4) is 0 Å². The lowest BCUT2D eigenvalue weighted by molar-refractivity contribution is -0.384. The highest BCUT2D eigenvalue weighted by molar-refractivity contribution is 7.21. The highest BCUT2D eigenvalue weighted by atomic mass is 35.5. The maximum Gasteiger partial charge on any atom is 0.363 e. The van der Waals surface area contributed by atoms with E-state index in [0.717, 1.165) is 5.56 Å². The number of esters is 1. The zero-order valence-corrected chi connectivity index (χ0v) is 15.7. The van der Waals surface area contributed by atoms with Crippen molar-refractivity contribution in [3.63, 3.8) is 0 Å². The number of nitro groups is 1. The Bertz CT molecular complexity index is 1200. The second-order valence-electron chi connectivity index (χ2n) is 5.81. The number of ether oxygens (including phenoxy) is 1. The Hall–Kier alpha value is -3.29. The first-order valence-electron chi connectivity index (χ1n) is 8.14. The maximum absolute atomic E-state index is 12.1. The van der Waals surface area contributed by atoms with Gasteiger partial charge in [0, 0.05) is 22.2 Å². The van der Waals surface area contributed by atoms with Gasteiger partial charge < -0.3 is 4.74 Å². The van der Waals surface area contributed by atoms with Crippen LogP contribution in [0.5, 0.6) is 0 Å². The molecule has 1 aliphatic rings. The number of rotatable bonds is 4. The molecule has 28 heavy (non-hydrogen) atoms. The van der Waals surface area contributed by atoms with Crippen LogP contribution in [0, 0.1) is 10.1 Å². The molecule has 0 spiro atoms. The highest BCUT2D eigenvalue weighted by Gasteiger charge is 2.28. The van der Waals surface area contributed by atoms with Crippen molar-refractivity contribution in [2.45, 2.75) is 0 Å². The van der Waals surface area contributed by atoms with Crippen molar-refractivity contribution in [1.82, 2.24) is 0 Å². The molecule has 0 saturated carbocycles. The van der Waals surface area contributed by atoms with Gasteiger partial charge in [-0.25, -0.2) is 9.79 Å². The van der Waals surface area contributed by atoms with E-state index in [0.29, 0.717) is 20.0 Å². The molecule has 0 fully saturated rings. The number of benzene rings is 2. The summed E-state index contributed by atoms with van der Waals surface area (Å²) in [5.41, 5.74) is 1.11. The number of hydrogen-bond donors (Lipinski definition) is 0. The van der Waals surface area contributed by atoms with E-state index in [-0.39, 0.29) is 17.3 Å². The molecular weight excluding hydrogens is 400 g/mol. The van der Waals surface area contributed by atoms with E-state index in [2.05, 4.69) is 4.99 Å². The van der Waals surface area contributed by atoms with Gasteiger partial charge in [-0.2, -0.15) is 0 Å². The van der Waals surface area contributed by atoms with Crippen LogP contribution in [-0.4, -0.2) is 16.8 Å². The van der Waals surface area contributed by atoms with E-state index in [1.54, 1.807) is 18.2 Å². The number of nitro benzene ring substituents is 1. The molecule has 2 heterocycles. The van der Waals surface area contributed by atoms with Gasteiger partial charge >= 0.3 is 5.97 Å². The van der Waals surface area contributed by atoms with Gasteiger partial charge in [-0.1, -0.05) is 54.1 Å². The summed E-state index contributed by atoms with van der Waals surface area (Å²) in [6.45, 7) is 0. The summed E-state index contributed by atoms with van der Waals surface area (Å²) in [5.74, 6) is -0.481. The molecule has 138 valence electrons. The van der Waals surface area contributed by atoms with E-state index >= 15 is 0 Å². The third-order valence-electron chi connectivity index (χ3n) is 3.98. The van der Waals surface area contributed by atoms with Gasteiger partial charge in [-0.3, -0.25) is 10.1 Å². The summed E-state index contributed by atoms with van der Waals surface area (Å²) in [5, 5.41) is 11.9. The first-order chi connectivity index (χ1) is 13.5. The standard InChI is InChI=1S/C20H11ClN2O4S/c21-17-14-10-9-13(23(25)26)11-16(14)28-18(17)19-22-15(20(24)27-19)8-4-7-12-5-2-1-3-6-12/h1-11H/b7-4+,15-8+. The minimum atomic E-state index is -0.577. The summed E-state index contributed by atoms with van der Waals surface area (Å²) >= 11 is 7.57. The van der Waals surface area contributed by atoms with E-state index in [4.69, 9.17) is 16.3 Å². The Morgan fingerprint density at radius 1 is 1.18 bits per heavy atom. The Morgan fingerprint density at radius 2 is 1.96 bits per heavy atom. The van der Waals surface area contributed by atoms with Crippen molar-refractivity contribution >= 4 is 56.7 Å². The summed E-state index contributed by atoms with van der Waals surface area (Å²) in [6, 6.07) is 14.0. The molecule has 0 radical (unpaired) electrons. The third-order valence-corrected chi connectivity index (χ3v) is 5.63. The molecule has 2 aromatic carbocycles. The maximum atomic E-state index is 12.1. The number of thiophene rings is 1. The molecule has 1 aromatic heterocycles. The van der Waals surface area contributed by atoms with Crippen molar-refractivity contribution < 1.29 is 14.5 Å². The third kappa shape index (κ3) is 3.45. The quantitative estimate of drug-likeness (QED) is 0.251. The van der Waals surface area contributed by atoms with Gasteiger partial charge in [0.05, 0.1) is 9.95 Å². The molecule has 8 heteroatoms. The number of carbonyl (C=O) groups excluding carboxylic acids is 1. The van der Waals surface area contributed by atoms with Gasteiger partial charge in [-0.15, -0.1) is 11.3 Å². The van der Waals surface area contributed by atoms with Crippen molar-refractivity contribution in [2.24, 2.45) is 4.99 Å². The number of cyclic esters (lactones) is 1. The first-order valence-corrected chi connectivity index (χ1v) is 9.33. The zero-order chi connectivity index (χ0) is 19.7. The Balaban J connectivity index is 1.66. The SMILES string of the molecule is O=C1OC(c2sc3cc([N+](=O)[O-])ccc3c2Cl)=N/C1=C/C=C/c1ccccc1. The van der Waals surface area contributed by atoms with Crippen LogP contribution in [0.25, 0.3) is 16.2 Å². The lowest BCUT2D eigenvalue weighted by Gasteiger charge is -1.95. The summed E-state index contributed by atoms with van der Waals surface area (Å²) < 4.78 is 5.87. The number of allylic oxidation sites excluding steroid dienone is 2. The predicted molar refractivity (Wildman–Crippen MR) is 110 cm³/mol. The van der Waals surface area contributed by atoms with Gasteiger partial charge in [0.15, 0.2) is 5.70 Å². The average molecular weight is 411 g/mol. The molecule has 4 rings (SSSR count). The van der Waals surface area contributed by atoms with Crippen LogP contribution in [-0.2, 0) is 9.53 Å². The number of halogens is 1. The van der Waals surface area contributed by atoms with Gasteiger partial charge in [-0.05, 0) is 17.7 Å². The highest BCUT2D eigenvalue weighted by Crippen LogP contribution is 2.38. The van der Waals surface area contributed by atoms with Crippen LogP contribution in [0.15, 0.2) is 71.4 Å². The molecule has 1 aliphatic heterocycles. The van der Waals surface area contributed by atoms with E-state index in [9.17, 15) is 14.9 Å². The number of aliphatic imine (C=N–C) groups is 1. The zero-order valence-electron chi connectivity index (χ0n) is 14.2. The van der Waals surface area contributed by atoms with Crippen LogP contribution in [0.4, 0.5) is 5.69 Å². The predicted octanol–water partition coefficient (Wildman–Crippen LogP) is 5.36. The fourth-order valence-corrected chi connectivity index (χ4v) is 4.11. The van der Waals surface area contributed by atoms with Crippen LogP contribution >= 0.6 is 22.9 Å². The fraction of sp³-hybridized carbons (Fsp3) is 0. The molecule has 0 aliphatic carbocycles. The van der Waals surface area contributed by atoms with Gasteiger partial charge in [0.2, 0.25) is 5.90 Å². The molecule has 3 aromatic rings. The van der Waals surface area contributed by atoms with Crippen molar-refractivity contribution in [2.75, 3.05) is 0 Å². The number of hydrogen-bond acceptors (Lipinski definition) is 6. The van der Waals surface area contributed by atoms with E-state index in [1.807, 2.05) is 36.4 Å². The Labute approximate surface area is 168 Å². The molecule has 0 bridgehead atoms. The monoisotopic (exact) mass is 410 g/mol. The molecule has 0 saturated heterocycles. The first kappa shape index (κ1) is 18.1. The second kappa shape index (κ2) is 7.38. The number of non-ortho nitro benzene ring substituents is 1. The van der Waals surface area contributed by atoms with Gasteiger partial charge in [0.1, 0.15) is 4.88 Å². The molecular formula is C20H11ClN2O4S. The molecule has 0 amide bonds. The summed E-state index contributed by atoms with van der Waals surface area (Å²) in [6.07, 6.45) is 5.13. The average Bonchev–Trinajstić information content (AvgIpc) is 3.22. The minimum absolute atomic E-state index is 0.0334. The van der Waals surface area contributed by atoms with Crippen LogP contribution in [0.2, 0.25) is 5.02 Å². The topological polar surface area (TPSA) is 81.8 Å². The summed E-state index contributed by atoms with van der Waals surface area (Å²) in [7, 11) is 0. The second-order valence-corrected chi connectivity index (χ2v) is 7.24. The molecule has 0 unspecified atom stereocenters. The van der Waals surface area contributed by atoms with Crippen molar-refractivity contribution in [3.05, 3.63) is 92.0 Å². The van der Waals surface area contributed by atoms with Crippen LogP contribution in [0.1, 0.15) is 10.4 Å². The largest absolute Gasteiger partial charge is 0.401 e. The summed E-state index contributed by atoms with van der Waals surface area (Å²) in [4.78, 5) is 27.3. The van der Waals surface area contributed by atoms with Crippen molar-refractivity contribution in [3.8, 4) is 0 Å². The minimum Gasteiger partial charge on any atom is -0.401 e. The normalized spacial score (nSPS) is 15.4. The molecule has 0 atom stereocenters.